The smallest absolute Gasteiger partial charge is 0.155 e. The van der Waals surface area contributed by atoms with Crippen molar-refractivity contribution in [3.63, 3.8) is 0 Å². The molecule has 0 saturated carbocycles. The summed E-state index contributed by atoms with van der Waals surface area (Å²) in [5.41, 5.74) is 7.72. The van der Waals surface area contributed by atoms with Crippen LogP contribution in [0.1, 0.15) is 24.7 Å². The summed E-state index contributed by atoms with van der Waals surface area (Å²) in [6, 6.07) is 3.95. The van der Waals surface area contributed by atoms with E-state index in [4.69, 9.17) is 5.73 Å². The van der Waals surface area contributed by atoms with Crippen molar-refractivity contribution in [1.29, 1.82) is 0 Å². The highest BCUT2D eigenvalue weighted by atomic mass is 15.1. The van der Waals surface area contributed by atoms with Gasteiger partial charge in [-0.1, -0.05) is 13.3 Å². The number of hydrogen-bond donors (Lipinski definition) is 1. The lowest BCUT2D eigenvalue weighted by Crippen LogP contribution is -2.06. The molecule has 0 atom stereocenters. The largest absolute Gasteiger partial charge is 0.325 e. The maximum Gasteiger partial charge on any atom is 0.155 e. The minimum atomic E-state index is 0.505. The van der Waals surface area contributed by atoms with E-state index in [0.29, 0.717) is 6.54 Å². The molecule has 0 saturated heterocycles. The fourth-order valence-electron chi connectivity index (χ4n) is 1.66. The van der Waals surface area contributed by atoms with Crippen molar-refractivity contribution in [2.45, 2.75) is 26.3 Å². The van der Waals surface area contributed by atoms with E-state index in [-0.39, 0.29) is 0 Å². The lowest BCUT2D eigenvalue weighted by Gasteiger charge is -2.06. The first-order chi connectivity index (χ1) is 7.85. The summed E-state index contributed by atoms with van der Waals surface area (Å²) in [5.74, 6) is 0.824. The molecule has 0 spiro atoms. The van der Waals surface area contributed by atoms with Crippen LogP contribution in [0.5, 0.6) is 0 Å². The van der Waals surface area contributed by atoms with E-state index in [9.17, 15) is 0 Å². The first-order valence-electron chi connectivity index (χ1n) is 5.52. The summed E-state index contributed by atoms with van der Waals surface area (Å²) in [6.07, 6.45) is 7.64. The minimum Gasteiger partial charge on any atom is -0.325 e. The van der Waals surface area contributed by atoms with Gasteiger partial charge in [0.2, 0.25) is 0 Å². The number of nitrogens with zero attached hydrogens (tertiary/aromatic N) is 3. The Hall–Kier alpha value is -1.68. The second-order valence-corrected chi connectivity index (χ2v) is 3.69. The SMILES string of the molecule is CCCc1cnc(-n2cccc2CN)cn1. The summed E-state index contributed by atoms with van der Waals surface area (Å²) in [6.45, 7) is 2.64. The average molecular weight is 216 g/mol. The molecule has 2 rings (SSSR count). The van der Waals surface area contributed by atoms with Crippen LogP contribution in [-0.4, -0.2) is 14.5 Å². The van der Waals surface area contributed by atoms with Crippen molar-refractivity contribution in [3.8, 4) is 5.82 Å². The number of aromatic nitrogens is 3. The van der Waals surface area contributed by atoms with Crippen LogP contribution >= 0.6 is 0 Å². The fraction of sp³-hybridized carbons (Fsp3) is 0.333. The molecule has 0 aliphatic carbocycles. The highest BCUT2D eigenvalue weighted by Crippen LogP contribution is 2.09. The van der Waals surface area contributed by atoms with Gasteiger partial charge < -0.3 is 10.3 Å². The Balaban J connectivity index is 2.27. The van der Waals surface area contributed by atoms with Gasteiger partial charge in [-0.2, -0.15) is 0 Å². The van der Waals surface area contributed by atoms with Crippen molar-refractivity contribution < 1.29 is 0 Å². The Morgan fingerprint density at radius 2 is 2.19 bits per heavy atom. The molecule has 0 unspecified atom stereocenters. The van der Waals surface area contributed by atoms with Crippen LogP contribution in [0.2, 0.25) is 0 Å². The molecule has 0 aliphatic rings. The highest BCUT2D eigenvalue weighted by molar-refractivity contribution is 5.25. The molecular formula is C12H16N4. The van der Waals surface area contributed by atoms with Gasteiger partial charge in [-0.15, -0.1) is 0 Å². The number of aryl methyl sites for hydroxylation is 1. The van der Waals surface area contributed by atoms with Crippen LogP contribution in [0.15, 0.2) is 30.7 Å². The van der Waals surface area contributed by atoms with E-state index in [1.807, 2.05) is 29.1 Å². The van der Waals surface area contributed by atoms with Crippen molar-refractivity contribution in [2.75, 3.05) is 0 Å². The second-order valence-electron chi connectivity index (χ2n) is 3.69. The maximum absolute atomic E-state index is 5.64. The third-order valence-electron chi connectivity index (χ3n) is 2.49. The molecule has 0 aromatic carbocycles. The lowest BCUT2D eigenvalue weighted by atomic mass is 10.3. The first-order valence-corrected chi connectivity index (χ1v) is 5.52. The molecule has 0 fully saturated rings. The molecule has 0 aliphatic heterocycles. The first kappa shape index (κ1) is 10.8. The molecule has 0 bridgehead atoms. The predicted molar refractivity (Wildman–Crippen MR) is 63.2 cm³/mol. The molecule has 4 nitrogen and oxygen atoms in total. The van der Waals surface area contributed by atoms with Crippen LogP contribution in [0.25, 0.3) is 5.82 Å². The van der Waals surface area contributed by atoms with Gasteiger partial charge in [0.15, 0.2) is 5.82 Å². The number of hydrogen-bond acceptors (Lipinski definition) is 3. The molecule has 2 aromatic heterocycles. The van der Waals surface area contributed by atoms with Crippen LogP contribution in [0, 0.1) is 0 Å². The fourth-order valence-corrected chi connectivity index (χ4v) is 1.66. The monoisotopic (exact) mass is 216 g/mol. The zero-order chi connectivity index (χ0) is 11.4. The molecule has 2 heterocycles. The Kier molecular flexibility index (Phi) is 3.31. The molecular weight excluding hydrogens is 200 g/mol. The van der Waals surface area contributed by atoms with Crippen molar-refractivity contribution >= 4 is 0 Å². The van der Waals surface area contributed by atoms with E-state index >= 15 is 0 Å². The quantitative estimate of drug-likeness (QED) is 0.846. The van der Waals surface area contributed by atoms with Crippen LogP contribution in [0.4, 0.5) is 0 Å². The number of rotatable bonds is 4. The number of nitrogens with two attached hydrogens (primary N) is 1. The predicted octanol–water partition coefficient (Wildman–Crippen LogP) is 1.68. The van der Waals surface area contributed by atoms with Crippen LogP contribution in [0.3, 0.4) is 0 Å². The summed E-state index contributed by atoms with van der Waals surface area (Å²) in [5, 5.41) is 0. The normalized spacial score (nSPS) is 10.6. The zero-order valence-electron chi connectivity index (χ0n) is 9.43. The third kappa shape index (κ3) is 2.12. The van der Waals surface area contributed by atoms with Gasteiger partial charge in [-0.3, -0.25) is 4.98 Å². The van der Waals surface area contributed by atoms with Gasteiger partial charge >= 0.3 is 0 Å². The van der Waals surface area contributed by atoms with Gasteiger partial charge in [0.05, 0.1) is 18.1 Å². The van der Waals surface area contributed by atoms with Crippen molar-refractivity contribution in [2.24, 2.45) is 5.73 Å². The van der Waals surface area contributed by atoms with E-state index in [1.54, 1.807) is 6.20 Å². The Bertz CT molecular complexity index is 444. The third-order valence-corrected chi connectivity index (χ3v) is 2.49. The van der Waals surface area contributed by atoms with Crippen molar-refractivity contribution in [3.05, 3.63) is 42.1 Å². The molecule has 0 radical (unpaired) electrons. The summed E-state index contributed by atoms with van der Waals surface area (Å²) in [4.78, 5) is 8.77. The van der Waals surface area contributed by atoms with Crippen LogP contribution in [-0.2, 0) is 13.0 Å². The topological polar surface area (TPSA) is 56.7 Å². The second kappa shape index (κ2) is 4.90. The maximum atomic E-state index is 5.64. The molecule has 84 valence electrons. The van der Waals surface area contributed by atoms with Gasteiger partial charge in [-0.25, -0.2) is 4.98 Å². The van der Waals surface area contributed by atoms with Crippen molar-refractivity contribution in [1.82, 2.24) is 14.5 Å². The Morgan fingerprint density at radius 1 is 1.31 bits per heavy atom. The molecule has 2 aromatic rings. The summed E-state index contributed by atoms with van der Waals surface area (Å²) >= 11 is 0. The lowest BCUT2D eigenvalue weighted by molar-refractivity contribution is 0.838. The Labute approximate surface area is 95.1 Å². The molecule has 16 heavy (non-hydrogen) atoms. The van der Waals surface area contributed by atoms with Gasteiger partial charge in [0, 0.05) is 18.4 Å². The minimum absolute atomic E-state index is 0.505. The van der Waals surface area contributed by atoms with Gasteiger partial charge in [0.25, 0.3) is 0 Å². The Morgan fingerprint density at radius 3 is 2.81 bits per heavy atom. The zero-order valence-corrected chi connectivity index (χ0v) is 9.43. The van der Waals surface area contributed by atoms with Gasteiger partial charge in [0.1, 0.15) is 0 Å². The molecule has 0 amide bonds. The standard InChI is InChI=1S/C12H16N4/c1-2-4-10-8-15-12(9-14-10)16-6-3-5-11(16)7-13/h3,5-6,8-9H,2,4,7,13H2,1H3. The summed E-state index contributed by atoms with van der Waals surface area (Å²) in [7, 11) is 0. The van der Waals surface area contributed by atoms with Gasteiger partial charge in [-0.05, 0) is 18.6 Å². The van der Waals surface area contributed by atoms with Crippen LogP contribution < -0.4 is 5.73 Å². The van der Waals surface area contributed by atoms with E-state index in [0.717, 1.165) is 30.0 Å². The van der Waals surface area contributed by atoms with E-state index in [2.05, 4.69) is 16.9 Å². The molecule has 4 heteroatoms. The van der Waals surface area contributed by atoms with E-state index < -0.39 is 0 Å². The summed E-state index contributed by atoms with van der Waals surface area (Å²) < 4.78 is 1.96. The molecule has 2 N–H and O–H groups in total. The van der Waals surface area contributed by atoms with E-state index in [1.165, 1.54) is 0 Å². The average Bonchev–Trinajstić information content (AvgIpc) is 2.78. The highest BCUT2D eigenvalue weighted by Gasteiger charge is 2.03.